The molecule has 142 valence electrons. The number of aryl methyl sites for hydroxylation is 1. The summed E-state index contributed by atoms with van der Waals surface area (Å²) in [5, 5.41) is 9.90. The van der Waals surface area contributed by atoms with E-state index in [-0.39, 0.29) is 0 Å². The van der Waals surface area contributed by atoms with E-state index in [4.69, 9.17) is 5.73 Å². The number of nitrogen functional groups attached to an aromatic ring is 1. The average Bonchev–Trinajstić information content (AvgIpc) is 3.35. The Kier molecular flexibility index (Phi) is 4.44. The van der Waals surface area contributed by atoms with Crippen molar-refractivity contribution in [2.45, 2.75) is 36.9 Å². The molecule has 3 heterocycles. The summed E-state index contributed by atoms with van der Waals surface area (Å²) in [7, 11) is 0. The molecule has 5 rings (SSSR count). The lowest BCUT2D eigenvalue weighted by Gasteiger charge is -2.09. The van der Waals surface area contributed by atoms with Crippen LogP contribution in [0, 0.1) is 0 Å². The normalized spacial score (nSPS) is 14.0. The first-order valence-electron chi connectivity index (χ1n) is 9.36. The Balaban J connectivity index is 1.29. The molecule has 1 aliphatic carbocycles. The van der Waals surface area contributed by atoms with Gasteiger partial charge in [-0.15, -0.1) is 10.2 Å². The first kappa shape index (κ1) is 17.2. The van der Waals surface area contributed by atoms with Crippen molar-refractivity contribution in [3.05, 3.63) is 48.8 Å². The average molecular weight is 392 g/mol. The second kappa shape index (κ2) is 7.23. The molecule has 1 aliphatic rings. The Morgan fingerprint density at radius 1 is 1.07 bits per heavy atom. The van der Waals surface area contributed by atoms with Crippen molar-refractivity contribution in [1.82, 2.24) is 34.3 Å². The number of benzene rings is 1. The number of fused-ring (bicyclic) bond motifs is 1. The number of thioether (sulfide) groups is 1. The molecule has 0 atom stereocenters. The number of nitrogens with zero attached hydrogens (tertiary/aromatic N) is 7. The highest BCUT2D eigenvalue weighted by Crippen LogP contribution is 2.41. The zero-order valence-corrected chi connectivity index (χ0v) is 16.1. The molecule has 0 saturated heterocycles. The fourth-order valence-electron chi connectivity index (χ4n) is 3.26. The molecule has 1 saturated carbocycles. The summed E-state index contributed by atoms with van der Waals surface area (Å²) in [5.41, 5.74) is 8.42. The number of rotatable bonds is 7. The Labute approximate surface area is 166 Å². The van der Waals surface area contributed by atoms with Gasteiger partial charge in [-0.05, 0) is 31.4 Å². The van der Waals surface area contributed by atoms with E-state index >= 15 is 0 Å². The van der Waals surface area contributed by atoms with Gasteiger partial charge in [0, 0.05) is 23.9 Å². The van der Waals surface area contributed by atoms with Gasteiger partial charge in [0.05, 0.1) is 6.33 Å². The summed E-state index contributed by atoms with van der Waals surface area (Å²) in [5.74, 6) is 2.98. The van der Waals surface area contributed by atoms with Crippen LogP contribution in [0.5, 0.6) is 0 Å². The minimum atomic E-state index is 0.418. The monoisotopic (exact) mass is 392 g/mol. The van der Waals surface area contributed by atoms with Gasteiger partial charge in [0.15, 0.2) is 16.6 Å². The van der Waals surface area contributed by atoms with Gasteiger partial charge in [0.2, 0.25) is 0 Å². The molecule has 4 aromatic rings. The second-order valence-corrected chi connectivity index (χ2v) is 7.92. The van der Waals surface area contributed by atoms with Crippen LogP contribution in [0.1, 0.15) is 31.0 Å². The molecule has 0 radical (unpaired) electrons. The molecule has 0 aliphatic heterocycles. The summed E-state index contributed by atoms with van der Waals surface area (Å²) >= 11 is 1.74. The highest BCUT2D eigenvalue weighted by molar-refractivity contribution is 7.99. The Morgan fingerprint density at radius 2 is 1.93 bits per heavy atom. The first-order chi connectivity index (χ1) is 13.8. The first-order valence-corrected chi connectivity index (χ1v) is 10.3. The molecule has 2 N–H and O–H groups in total. The molecule has 1 aromatic carbocycles. The topological polar surface area (TPSA) is 100 Å². The summed E-state index contributed by atoms with van der Waals surface area (Å²) in [6.07, 6.45) is 6.62. The Hall–Kier alpha value is -2.94. The molecule has 0 amide bonds. The predicted molar refractivity (Wildman–Crippen MR) is 108 cm³/mol. The molecule has 9 heteroatoms. The van der Waals surface area contributed by atoms with E-state index in [1.807, 2.05) is 10.6 Å². The lowest BCUT2D eigenvalue weighted by molar-refractivity contribution is 0.695. The van der Waals surface area contributed by atoms with Crippen LogP contribution in [0.15, 0.2) is 48.1 Å². The van der Waals surface area contributed by atoms with E-state index in [0.29, 0.717) is 17.3 Å². The van der Waals surface area contributed by atoms with Gasteiger partial charge in [0.1, 0.15) is 17.7 Å². The molecule has 1 fully saturated rings. The van der Waals surface area contributed by atoms with Crippen molar-refractivity contribution in [3.63, 3.8) is 0 Å². The summed E-state index contributed by atoms with van der Waals surface area (Å²) < 4.78 is 4.23. The van der Waals surface area contributed by atoms with Gasteiger partial charge >= 0.3 is 0 Å². The molecule has 8 nitrogen and oxygen atoms in total. The molecule has 0 unspecified atom stereocenters. The molecule has 0 spiro atoms. The molecular weight excluding hydrogens is 372 g/mol. The van der Waals surface area contributed by atoms with Crippen molar-refractivity contribution < 1.29 is 0 Å². The highest BCUT2D eigenvalue weighted by atomic mass is 32.2. The van der Waals surface area contributed by atoms with Gasteiger partial charge in [-0.1, -0.05) is 30.0 Å². The predicted octanol–water partition coefficient (Wildman–Crippen LogP) is 3.05. The number of para-hydroxylation sites is 1. The number of imidazole rings is 1. The molecule has 0 bridgehead atoms. The summed E-state index contributed by atoms with van der Waals surface area (Å²) in [4.78, 5) is 12.6. The van der Waals surface area contributed by atoms with E-state index in [9.17, 15) is 0 Å². The van der Waals surface area contributed by atoms with Crippen LogP contribution in [0.3, 0.4) is 0 Å². The van der Waals surface area contributed by atoms with Crippen molar-refractivity contribution >= 4 is 28.7 Å². The summed E-state index contributed by atoms with van der Waals surface area (Å²) in [6.45, 7) is 0.814. The largest absolute Gasteiger partial charge is 0.382 e. The smallest absolute Gasteiger partial charge is 0.195 e. The van der Waals surface area contributed by atoms with Gasteiger partial charge in [0.25, 0.3) is 0 Å². The van der Waals surface area contributed by atoms with Crippen molar-refractivity contribution in [1.29, 1.82) is 0 Å². The van der Waals surface area contributed by atoms with Gasteiger partial charge < -0.3 is 10.3 Å². The Bertz CT molecular complexity index is 1100. The molecule has 3 aromatic heterocycles. The fraction of sp³-hybridized carbons (Fsp3) is 0.316. The minimum Gasteiger partial charge on any atom is -0.382 e. The second-order valence-electron chi connectivity index (χ2n) is 6.86. The Morgan fingerprint density at radius 3 is 2.75 bits per heavy atom. The number of anilines is 1. The summed E-state index contributed by atoms with van der Waals surface area (Å²) in [6, 6.07) is 10.4. The third kappa shape index (κ3) is 3.22. The van der Waals surface area contributed by atoms with E-state index in [1.54, 1.807) is 18.1 Å². The molecule has 28 heavy (non-hydrogen) atoms. The number of hydrogen-bond donors (Lipinski definition) is 1. The highest BCUT2D eigenvalue weighted by Gasteiger charge is 2.30. The van der Waals surface area contributed by atoms with E-state index in [0.717, 1.165) is 41.0 Å². The van der Waals surface area contributed by atoms with Gasteiger partial charge in [-0.2, -0.15) is 0 Å². The van der Waals surface area contributed by atoms with Crippen LogP contribution in [0.2, 0.25) is 0 Å². The van der Waals surface area contributed by atoms with E-state index < -0.39 is 0 Å². The van der Waals surface area contributed by atoms with Crippen molar-refractivity contribution in [2.24, 2.45) is 0 Å². The van der Waals surface area contributed by atoms with Crippen LogP contribution >= 0.6 is 11.8 Å². The SMILES string of the molecule is Nc1ncnc2c1ncn2CCCSc1nnc(C2CC2)n1-c1ccccc1. The lowest BCUT2D eigenvalue weighted by Crippen LogP contribution is -2.03. The van der Waals surface area contributed by atoms with Crippen LogP contribution in [-0.2, 0) is 6.54 Å². The van der Waals surface area contributed by atoms with Crippen LogP contribution in [0.25, 0.3) is 16.9 Å². The van der Waals surface area contributed by atoms with E-state index in [1.165, 1.54) is 19.2 Å². The number of aromatic nitrogens is 7. The lowest BCUT2D eigenvalue weighted by atomic mass is 10.3. The van der Waals surface area contributed by atoms with Crippen LogP contribution < -0.4 is 5.73 Å². The van der Waals surface area contributed by atoms with Gasteiger partial charge in [-0.3, -0.25) is 4.57 Å². The number of nitrogens with two attached hydrogens (primary N) is 1. The maximum atomic E-state index is 5.86. The van der Waals surface area contributed by atoms with Gasteiger partial charge in [-0.25, -0.2) is 15.0 Å². The third-order valence-electron chi connectivity index (χ3n) is 4.82. The third-order valence-corrected chi connectivity index (χ3v) is 5.83. The van der Waals surface area contributed by atoms with Crippen molar-refractivity contribution in [3.8, 4) is 5.69 Å². The fourth-order valence-corrected chi connectivity index (χ4v) is 4.14. The number of hydrogen-bond acceptors (Lipinski definition) is 7. The standard InChI is InChI=1S/C19H20N8S/c20-16-15-18(22-11-21-16)26(12-23-15)9-4-10-28-19-25-24-17(13-7-8-13)27(19)14-5-2-1-3-6-14/h1-3,5-6,11-13H,4,7-10H2,(H2,20,21,22). The maximum Gasteiger partial charge on any atom is 0.195 e. The maximum absolute atomic E-state index is 5.86. The minimum absolute atomic E-state index is 0.418. The zero-order valence-electron chi connectivity index (χ0n) is 15.3. The van der Waals surface area contributed by atoms with E-state index in [2.05, 4.69) is 54.0 Å². The molecular formula is C19H20N8S. The van der Waals surface area contributed by atoms with Crippen molar-refractivity contribution in [2.75, 3.05) is 11.5 Å². The zero-order chi connectivity index (χ0) is 18.9. The quantitative estimate of drug-likeness (QED) is 0.381. The van der Waals surface area contributed by atoms with Crippen LogP contribution in [0.4, 0.5) is 5.82 Å². The van der Waals surface area contributed by atoms with Crippen LogP contribution in [-0.4, -0.2) is 40.0 Å².